The van der Waals surface area contributed by atoms with Crippen LogP contribution in [0.15, 0.2) is 24.3 Å². The maximum atomic E-state index is 13.5. The van der Waals surface area contributed by atoms with E-state index in [0.717, 1.165) is 4.70 Å². The van der Waals surface area contributed by atoms with Crippen LogP contribution in [0.1, 0.15) is 16.6 Å². The predicted octanol–water partition coefficient (Wildman–Crippen LogP) is 2.81. The van der Waals surface area contributed by atoms with Crippen LogP contribution in [-0.4, -0.2) is 25.7 Å². The number of methoxy groups -OCH3 is 1. The van der Waals surface area contributed by atoms with Crippen molar-refractivity contribution in [1.29, 1.82) is 0 Å². The lowest BCUT2D eigenvalue weighted by Crippen LogP contribution is -2.35. The summed E-state index contributed by atoms with van der Waals surface area (Å²) in [6, 6.07) is 6.36. The molecule has 2 aromatic rings. The third-order valence-electron chi connectivity index (χ3n) is 2.53. The van der Waals surface area contributed by atoms with E-state index in [0.29, 0.717) is 16.9 Å². The van der Waals surface area contributed by atoms with Gasteiger partial charge in [0.2, 0.25) is 0 Å². The molecule has 1 atom stereocenters. The van der Waals surface area contributed by atoms with Crippen molar-refractivity contribution in [3.8, 4) is 0 Å². The van der Waals surface area contributed by atoms with E-state index in [1.807, 2.05) is 6.92 Å². The van der Waals surface area contributed by atoms with Gasteiger partial charge in [0, 0.05) is 23.2 Å². The van der Waals surface area contributed by atoms with Gasteiger partial charge in [-0.2, -0.15) is 0 Å². The molecule has 0 spiro atoms. The van der Waals surface area contributed by atoms with Gasteiger partial charge in [-0.3, -0.25) is 4.79 Å². The van der Waals surface area contributed by atoms with Crippen molar-refractivity contribution in [2.45, 2.75) is 13.0 Å². The lowest BCUT2D eigenvalue weighted by molar-refractivity contribution is 0.0909. The van der Waals surface area contributed by atoms with Gasteiger partial charge in [-0.1, -0.05) is 6.07 Å². The monoisotopic (exact) mass is 267 g/mol. The molecule has 1 heterocycles. The van der Waals surface area contributed by atoms with Crippen molar-refractivity contribution in [3.63, 3.8) is 0 Å². The first-order chi connectivity index (χ1) is 8.61. The number of amides is 1. The Bertz CT molecular complexity index is 567. The number of hydrogen-bond acceptors (Lipinski definition) is 3. The fourth-order valence-electron chi connectivity index (χ4n) is 1.72. The van der Waals surface area contributed by atoms with Gasteiger partial charge in [-0.15, -0.1) is 11.3 Å². The van der Waals surface area contributed by atoms with Crippen LogP contribution in [0, 0.1) is 5.82 Å². The molecule has 18 heavy (non-hydrogen) atoms. The number of nitrogens with one attached hydrogen (secondary N) is 1. The van der Waals surface area contributed by atoms with Gasteiger partial charge >= 0.3 is 0 Å². The normalized spacial score (nSPS) is 12.6. The SMILES string of the molecule is COCC(C)NC(=O)c1cc2c(F)cccc2s1. The van der Waals surface area contributed by atoms with E-state index in [1.165, 1.54) is 17.4 Å². The number of hydrogen-bond donors (Lipinski definition) is 1. The third kappa shape index (κ3) is 2.68. The molecule has 0 fully saturated rings. The van der Waals surface area contributed by atoms with Crippen LogP contribution in [-0.2, 0) is 4.74 Å². The third-order valence-corrected chi connectivity index (χ3v) is 3.63. The van der Waals surface area contributed by atoms with Gasteiger partial charge in [-0.25, -0.2) is 4.39 Å². The topological polar surface area (TPSA) is 38.3 Å². The maximum Gasteiger partial charge on any atom is 0.261 e. The smallest absolute Gasteiger partial charge is 0.261 e. The van der Waals surface area contributed by atoms with E-state index in [2.05, 4.69) is 5.32 Å². The largest absolute Gasteiger partial charge is 0.383 e. The molecule has 0 bridgehead atoms. The molecule has 1 aromatic heterocycles. The second-order valence-electron chi connectivity index (χ2n) is 4.09. The lowest BCUT2D eigenvalue weighted by Gasteiger charge is -2.11. The van der Waals surface area contributed by atoms with Gasteiger partial charge in [-0.05, 0) is 25.1 Å². The Balaban J connectivity index is 2.21. The molecule has 0 aliphatic carbocycles. The molecule has 96 valence electrons. The van der Waals surface area contributed by atoms with Crippen LogP contribution in [0.4, 0.5) is 4.39 Å². The number of carbonyl (C=O) groups excluding carboxylic acids is 1. The van der Waals surface area contributed by atoms with Gasteiger partial charge < -0.3 is 10.1 Å². The first-order valence-corrected chi connectivity index (χ1v) is 6.41. The number of halogens is 1. The summed E-state index contributed by atoms with van der Waals surface area (Å²) < 4.78 is 19.2. The molecule has 0 aliphatic rings. The number of thiophene rings is 1. The molecule has 0 radical (unpaired) electrons. The van der Waals surface area contributed by atoms with Gasteiger partial charge in [0.05, 0.1) is 11.5 Å². The standard InChI is InChI=1S/C13H14FNO2S/c1-8(7-17-2)15-13(16)12-6-9-10(14)4-3-5-11(9)18-12/h3-6,8H,7H2,1-2H3,(H,15,16). The molecular formula is C13H14FNO2S. The molecule has 1 aromatic carbocycles. The Morgan fingerprint density at radius 1 is 1.56 bits per heavy atom. The van der Waals surface area contributed by atoms with Crippen LogP contribution in [0.3, 0.4) is 0 Å². The number of rotatable bonds is 4. The Kier molecular flexibility index (Phi) is 3.93. The zero-order valence-electron chi connectivity index (χ0n) is 10.2. The van der Waals surface area contributed by atoms with Gasteiger partial charge in [0.15, 0.2) is 0 Å². The summed E-state index contributed by atoms with van der Waals surface area (Å²) in [6.07, 6.45) is 0. The van der Waals surface area contributed by atoms with E-state index in [-0.39, 0.29) is 17.8 Å². The molecule has 1 unspecified atom stereocenters. The van der Waals surface area contributed by atoms with Crippen molar-refractivity contribution >= 4 is 27.3 Å². The van der Waals surface area contributed by atoms with Crippen LogP contribution >= 0.6 is 11.3 Å². The van der Waals surface area contributed by atoms with E-state index < -0.39 is 0 Å². The molecule has 0 saturated heterocycles. The summed E-state index contributed by atoms with van der Waals surface area (Å²) in [4.78, 5) is 12.4. The zero-order valence-corrected chi connectivity index (χ0v) is 11.0. The molecule has 1 amide bonds. The van der Waals surface area contributed by atoms with E-state index >= 15 is 0 Å². The highest BCUT2D eigenvalue weighted by molar-refractivity contribution is 7.20. The van der Waals surface area contributed by atoms with Gasteiger partial charge in [0.25, 0.3) is 5.91 Å². The van der Waals surface area contributed by atoms with E-state index in [1.54, 1.807) is 25.3 Å². The average molecular weight is 267 g/mol. The molecular weight excluding hydrogens is 253 g/mol. The highest BCUT2D eigenvalue weighted by atomic mass is 32.1. The number of carbonyl (C=O) groups is 1. The average Bonchev–Trinajstić information content (AvgIpc) is 2.74. The summed E-state index contributed by atoms with van der Waals surface area (Å²) in [5.74, 6) is -0.493. The summed E-state index contributed by atoms with van der Waals surface area (Å²) in [5, 5.41) is 3.29. The van der Waals surface area contributed by atoms with Crippen molar-refractivity contribution in [2.24, 2.45) is 0 Å². The highest BCUT2D eigenvalue weighted by Crippen LogP contribution is 2.27. The zero-order chi connectivity index (χ0) is 13.1. The minimum Gasteiger partial charge on any atom is -0.383 e. The lowest BCUT2D eigenvalue weighted by atomic mass is 10.2. The highest BCUT2D eigenvalue weighted by Gasteiger charge is 2.14. The number of ether oxygens (including phenoxy) is 1. The molecule has 2 rings (SSSR count). The Morgan fingerprint density at radius 2 is 2.33 bits per heavy atom. The fraction of sp³-hybridized carbons (Fsp3) is 0.308. The number of benzene rings is 1. The summed E-state index contributed by atoms with van der Waals surface area (Å²) in [5.41, 5.74) is 0. The minimum atomic E-state index is -0.298. The Morgan fingerprint density at radius 3 is 3.00 bits per heavy atom. The number of fused-ring (bicyclic) bond motifs is 1. The van der Waals surface area contributed by atoms with Crippen molar-refractivity contribution in [3.05, 3.63) is 35.0 Å². The van der Waals surface area contributed by atoms with E-state index in [4.69, 9.17) is 4.74 Å². The van der Waals surface area contributed by atoms with Gasteiger partial charge in [0.1, 0.15) is 5.82 Å². The molecule has 1 N–H and O–H groups in total. The van der Waals surface area contributed by atoms with Crippen LogP contribution in [0.25, 0.3) is 10.1 Å². The first-order valence-electron chi connectivity index (χ1n) is 5.59. The molecule has 5 heteroatoms. The quantitative estimate of drug-likeness (QED) is 0.925. The molecule has 0 saturated carbocycles. The predicted molar refractivity (Wildman–Crippen MR) is 70.6 cm³/mol. The Labute approximate surface area is 109 Å². The Hall–Kier alpha value is -1.46. The van der Waals surface area contributed by atoms with Crippen molar-refractivity contribution < 1.29 is 13.9 Å². The van der Waals surface area contributed by atoms with Crippen LogP contribution in [0.5, 0.6) is 0 Å². The summed E-state index contributed by atoms with van der Waals surface area (Å²) in [6.45, 7) is 2.31. The van der Waals surface area contributed by atoms with E-state index in [9.17, 15) is 9.18 Å². The summed E-state index contributed by atoms with van der Waals surface area (Å²) >= 11 is 1.29. The molecule has 0 aliphatic heterocycles. The van der Waals surface area contributed by atoms with Crippen molar-refractivity contribution in [1.82, 2.24) is 5.32 Å². The molecule has 3 nitrogen and oxygen atoms in total. The summed E-state index contributed by atoms with van der Waals surface area (Å²) in [7, 11) is 1.58. The van der Waals surface area contributed by atoms with Crippen LogP contribution in [0.2, 0.25) is 0 Å². The van der Waals surface area contributed by atoms with Crippen molar-refractivity contribution in [2.75, 3.05) is 13.7 Å². The second-order valence-corrected chi connectivity index (χ2v) is 5.18. The van der Waals surface area contributed by atoms with Crippen LogP contribution < -0.4 is 5.32 Å². The maximum absolute atomic E-state index is 13.5. The fourth-order valence-corrected chi connectivity index (χ4v) is 2.70. The minimum absolute atomic E-state index is 0.0717. The first kappa shape index (κ1) is 13.0. The second kappa shape index (κ2) is 5.46.